The number of aliphatic hydroxyl groups is 1. The molecule has 0 aliphatic rings. The lowest BCUT2D eigenvalue weighted by molar-refractivity contribution is -0.147. The quantitative estimate of drug-likeness (QED) is 0.722. The van der Waals surface area contributed by atoms with E-state index in [1.807, 2.05) is 0 Å². The fourth-order valence-corrected chi connectivity index (χ4v) is 1.30. The summed E-state index contributed by atoms with van der Waals surface area (Å²) < 4.78 is 23.0. The van der Waals surface area contributed by atoms with Gasteiger partial charge >= 0.3 is 5.97 Å². The number of phenolic OH excluding ortho intramolecular Hbond substituents is 1. The molecule has 1 unspecified atom stereocenters. The second-order valence-electron chi connectivity index (χ2n) is 3.10. The minimum atomic E-state index is -2.05. The van der Waals surface area contributed by atoms with Crippen LogP contribution in [-0.2, 0) is 4.79 Å². The molecule has 6 nitrogen and oxygen atoms in total. The van der Waals surface area contributed by atoms with Gasteiger partial charge in [0.1, 0.15) is 0 Å². The molecule has 94 valence electrons. The number of hydrogen-bond acceptors (Lipinski definition) is 5. The minimum Gasteiger partial charge on any atom is -0.504 e. The highest BCUT2D eigenvalue weighted by atomic mass is 19.1. The van der Waals surface area contributed by atoms with Crippen molar-refractivity contribution in [3.05, 3.63) is 17.4 Å². The van der Waals surface area contributed by atoms with Gasteiger partial charge in [0, 0.05) is 5.56 Å². The Morgan fingerprint density at radius 1 is 1.41 bits per heavy atom. The van der Waals surface area contributed by atoms with E-state index in [2.05, 4.69) is 4.74 Å². The summed E-state index contributed by atoms with van der Waals surface area (Å²) in [5, 5.41) is 27.3. The molecule has 1 aromatic carbocycles. The third-order valence-electron chi connectivity index (χ3n) is 2.14. The molecule has 0 saturated carbocycles. The van der Waals surface area contributed by atoms with E-state index in [9.17, 15) is 19.4 Å². The Bertz CT molecular complexity index is 445. The van der Waals surface area contributed by atoms with E-state index >= 15 is 0 Å². The molecule has 7 heteroatoms. The first kappa shape index (κ1) is 13.0. The number of benzene rings is 1. The van der Waals surface area contributed by atoms with Crippen molar-refractivity contribution in [1.29, 1.82) is 0 Å². The lowest BCUT2D eigenvalue weighted by Gasteiger charge is -2.14. The van der Waals surface area contributed by atoms with Crippen LogP contribution in [0.4, 0.5) is 4.39 Å². The fourth-order valence-electron chi connectivity index (χ4n) is 1.30. The van der Waals surface area contributed by atoms with E-state index in [1.54, 1.807) is 0 Å². The topological polar surface area (TPSA) is 96.2 Å². The third-order valence-corrected chi connectivity index (χ3v) is 2.14. The van der Waals surface area contributed by atoms with Crippen molar-refractivity contribution in [3.63, 3.8) is 0 Å². The number of carboxylic acid groups (broad SMARTS) is 1. The molecule has 0 radical (unpaired) electrons. The smallest absolute Gasteiger partial charge is 0.337 e. The Morgan fingerprint density at radius 2 is 2.00 bits per heavy atom. The lowest BCUT2D eigenvalue weighted by atomic mass is 10.1. The van der Waals surface area contributed by atoms with Crippen LogP contribution in [0.15, 0.2) is 6.07 Å². The summed E-state index contributed by atoms with van der Waals surface area (Å²) >= 11 is 0. The van der Waals surface area contributed by atoms with Crippen molar-refractivity contribution < 1.29 is 34.0 Å². The number of phenols is 1. The van der Waals surface area contributed by atoms with Crippen LogP contribution >= 0.6 is 0 Å². The summed E-state index contributed by atoms with van der Waals surface area (Å²) in [6, 6.07) is 0.996. The number of ether oxygens (including phenoxy) is 2. The summed E-state index contributed by atoms with van der Waals surface area (Å²) in [7, 11) is 2.37. The molecule has 0 amide bonds. The fraction of sp³-hybridized carbons (Fsp3) is 0.300. The van der Waals surface area contributed by atoms with Gasteiger partial charge in [0.2, 0.25) is 11.6 Å². The predicted octanol–water partition coefficient (Wildman–Crippen LogP) is 0.666. The Labute approximate surface area is 95.8 Å². The van der Waals surface area contributed by atoms with Gasteiger partial charge in [-0.2, -0.15) is 4.39 Å². The Hall–Kier alpha value is -2.02. The highest BCUT2D eigenvalue weighted by molar-refractivity contribution is 5.76. The second kappa shape index (κ2) is 4.88. The van der Waals surface area contributed by atoms with Gasteiger partial charge in [-0.15, -0.1) is 0 Å². The number of carboxylic acids is 1. The van der Waals surface area contributed by atoms with Crippen LogP contribution in [0.2, 0.25) is 0 Å². The maximum absolute atomic E-state index is 13.6. The summed E-state index contributed by atoms with van der Waals surface area (Å²) in [5.41, 5.74) is -0.507. The predicted molar refractivity (Wildman–Crippen MR) is 53.8 cm³/mol. The molecular weight excluding hydrogens is 235 g/mol. The monoisotopic (exact) mass is 246 g/mol. The molecule has 0 aliphatic carbocycles. The Morgan fingerprint density at radius 3 is 2.41 bits per heavy atom. The summed E-state index contributed by atoms with van der Waals surface area (Å²) in [6.07, 6.45) is -2.05. The molecule has 0 bridgehead atoms. The molecule has 0 spiro atoms. The van der Waals surface area contributed by atoms with Crippen molar-refractivity contribution >= 4 is 5.97 Å². The zero-order chi connectivity index (χ0) is 13.2. The van der Waals surface area contributed by atoms with Crippen LogP contribution in [0.1, 0.15) is 11.7 Å². The number of aliphatic hydroxyl groups excluding tert-OH is 1. The summed E-state index contributed by atoms with van der Waals surface area (Å²) in [6.45, 7) is 0. The summed E-state index contributed by atoms with van der Waals surface area (Å²) in [4.78, 5) is 10.6. The van der Waals surface area contributed by atoms with E-state index in [-0.39, 0.29) is 11.5 Å². The molecule has 0 fully saturated rings. The van der Waals surface area contributed by atoms with Crippen LogP contribution in [0.5, 0.6) is 17.2 Å². The lowest BCUT2D eigenvalue weighted by Crippen LogP contribution is -2.11. The average molecular weight is 246 g/mol. The van der Waals surface area contributed by atoms with Crippen molar-refractivity contribution in [2.24, 2.45) is 0 Å². The normalized spacial score (nSPS) is 12.0. The van der Waals surface area contributed by atoms with Crippen LogP contribution in [0.3, 0.4) is 0 Å². The maximum Gasteiger partial charge on any atom is 0.337 e. The molecule has 17 heavy (non-hydrogen) atoms. The van der Waals surface area contributed by atoms with Gasteiger partial charge in [0.05, 0.1) is 14.2 Å². The maximum atomic E-state index is 13.6. The Kier molecular flexibility index (Phi) is 3.74. The highest BCUT2D eigenvalue weighted by Crippen LogP contribution is 2.40. The number of carbonyl (C=O) groups is 1. The van der Waals surface area contributed by atoms with E-state index in [4.69, 9.17) is 9.84 Å². The molecule has 0 saturated heterocycles. The van der Waals surface area contributed by atoms with Gasteiger partial charge in [-0.1, -0.05) is 0 Å². The molecule has 3 N–H and O–H groups in total. The number of aliphatic carboxylic acids is 1. The van der Waals surface area contributed by atoms with E-state index < -0.39 is 29.2 Å². The Balaban J connectivity index is 3.44. The van der Waals surface area contributed by atoms with Gasteiger partial charge in [-0.3, -0.25) is 0 Å². The zero-order valence-electron chi connectivity index (χ0n) is 9.10. The summed E-state index contributed by atoms with van der Waals surface area (Å²) in [5.74, 6) is -4.30. The SMILES string of the molecule is COc1cc(C(O)C(=O)O)c(O)c(F)c1OC. The number of halogens is 1. The number of aromatic hydroxyl groups is 1. The first-order valence-corrected chi connectivity index (χ1v) is 4.48. The molecular formula is C10H11FO6. The first-order valence-electron chi connectivity index (χ1n) is 4.48. The molecule has 0 aliphatic heterocycles. The van der Waals surface area contributed by atoms with Crippen LogP contribution < -0.4 is 9.47 Å². The molecule has 0 aromatic heterocycles. The van der Waals surface area contributed by atoms with Gasteiger partial charge < -0.3 is 24.8 Å². The van der Waals surface area contributed by atoms with Gasteiger partial charge in [0.15, 0.2) is 17.6 Å². The number of methoxy groups -OCH3 is 2. The average Bonchev–Trinajstić information content (AvgIpc) is 2.31. The van der Waals surface area contributed by atoms with Gasteiger partial charge in [-0.25, -0.2) is 4.79 Å². The standard InChI is InChI=1S/C10H11FO6/c1-16-5-3-4(8(13)10(14)15)7(12)6(11)9(5)17-2/h3,8,12-13H,1-2H3,(H,14,15). The van der Waals surface area contributed by atoms with Crippen molar-refractivity contribution in [3.8, 4) is 17.2 Å². The number of hydrogen-bond donors (Lipinski definition) is 3. The van der Waals surface area contributed by atoms with Crippen molar-refractivity contribution in [2.45, 2.75) is 6.10 Å². The third kappa shape index (κ3) is 2.23. The molecule has 1 aromatic rings. The van der Waals surface area contributed by atoms with Gasteiger partial charge in [0.25, 0.3) is 0 Å². The van der Waals surface area contributed by atoms with Crippen LogP contribution in [-0.4, -0.2) is 35.5 Å². The van der Waals surface area contributed by atoms with Crippen molar-refractivity contribution in [1.82, 2.24) is 0 Å². The van der Waals surface area contributed by atoms with Crippen LogP contribution in [0.25, 0.3) is 0 Å². The zero-order valence-corrected chi connectivity index (χ0v) is 9.10. The first-order chi connectivity index (χ1) is 7.93. The van der Waals surface area contributed by atoms with Crippen molar-refractivity contribution in [2.75, 3.05) is 14.2 Å². The van der Waals surface area contributed by atoms with E-state index in [1.165, 1.54) is 7.11 Å². The highest BCUT2D eigenvalue weighted by Gasteiger charge is 2.27. The van der Waals surface area contributed by atoms with Crippen LogP contribution in [0, 0.1) is 5.82 Å². The largest absolute Gasteiger partial charge is 0.504 e. The van der Waals surface area contributed by atoms with E-state index in [0.29, 0.717) is 0 Å². The molecule has 0 heterocycles. The van der Waals surface area contributed by atoms with Gasteiger partial charge in [-0.05, 0) is 6.07 Å². The second-order valence-corrected chi connectivity index (χ2v) is 3.10. The number of rotatable bonds is 4. The van der Waals surface area contributed by atoms with E-state index in [0.717, 1.165) is 13.2 Å². The molecule has 1 atom stereocenters. The molecule has 1 rings (SSSR count). The minimum absolute atomic E-state index is 0.127.